The van der Waals surface area contributed by atoms with Gasteiger partial charge in [0.2, 0.25) is 0 Å². The largest absolute Gasteiger partial charge is 0.492 e. The summed E-state index contributed by atoms with van der Waals surface area (Å²) in [6.45, 7) is 14.1. The molecule has 1 atom stereocenters. The quantitative estimate of drug-likeness (QED) is 0.357. The molecule has 2 aromatic heterocycles. The number of nitrogens with two attached hydrogens (primary N) is 1. The number of ether oxygens (including phenoxy) is 1. The van der Waals surface area contributed by atoms with E-state index in [1.165, 1.54) is 0 Å². The smallest absolute Gasteiger partial charge is 0.310 e. The number of rotatable bonds is 7. The van der Waals surface area contributed by atoms with Crippen LogP contribution in [-0.2, 0) is 17.9 Å². The van der Waals surface area contributed by atoms with E-state index in [9.17, 15) is 9.90 Å². The van der Waals surface area contributed by atoms with E-state index < -0.39 is 17.3 Å². The lowest BCUT2D eigenvalue weighted by atomic mass is 9.71. The molecule has 1 unspecified atom stereocenters. The van der Waals surface area contributed by atoms with Crippen LogP contribution in [0.3, 0.4) is 0 Å². The number of carbonyl (C=O) groups is 1. The standard InChI is InChI=1S/C28H35N5O3.C2H6/c1-17-6-8-21(32-23(17)16-33-12-13-36-24-10-11-31-14-19(24)15-33)25(28(3,4)27(34)35)20-7-9-22(30-5)26(29)18(20)2;1-2/h6-11,14,25,30H,12-13,15-16,29H2,1-5H3,(H,34,35);1-2H3. The molecular formula is C30H41N5O3. The molecule has 1 aliphatic rings. The SMILES string of the molecule is CC.CNc1ccc(C(c2ccc(C)c(CN3CCOc4ccncc4C3)n2)C(C)(C)C(=O)O)c(C)c1N. The number of anilines is 2. The highest BCUT2D eigenvalue weighted by molar-refractivity contribution is 5.78. The van der Waals surface area contributed by atoms with Crippen molar-refractivity contribution in [2.45, 2.75) is 60.5 Å². The Labute approximate surface area is 226 Å². The molecule has 3 heterocycles. The van der Waals surface area contributed by atoms with Gasteiger partial charge in [-0.05, 0) is 62.6 Å². The van der Waals surface area contributed by atoms with Crippen LogP contribution in [0.4, 0.5) is 11.4 Å². The van der Waals surface area contributed by atoms with Crippen molar-refractivity contribution >= 4 is 17.3 Å². The third kappa shape index (κ3) is 5.91. The van der Waals surface area contributed by atoms with E-state index in [1.54, 1.807) is 20.0 Å². The summed E-state index contributed by atoms with van der Waals surface area (Å²) in [4.78, 5) is 24.1. The van der Waals surface area contributed by atoms with Crippen molar-refractivity contribution in [1.29, 1.82) is 0 Å². The second-order valence-electron chi connectivity index (χ2n) is 9.99. The van der Waals surface area contributed by atoms with Gasteiger partial charge in [0.25, 0.3) is 0 Å². The Hall–Kier alpha value is -3.65. The summed E-state index contributed by atoms with van der Waals surface area (Å²) in [5, 5.41) is 13.3. The van der Waals surface area contributed by atoms with Crippen LogP contribution in [-0.4, -0.2) is 46.1 Å². The molecule has 0 aliphatic carbocycles. The number of aromatic nitrogens is 2. The first-order chi connectivity index (χ1) is 18.1. The van der Waals surface area contributed by atoms with Gasteiger partial charge in [0, 0.05) is 56.3 Å². The van der Waals surface area contributed by atoms with Crippen LogP contribution in [0.2, 0.25) is 0 Å². The van der Waals surface area contributed by atoms with E-state index in [0.29, 0.717) is 25.4 Å². The number of carboxylic acids is 1. The zero-order valence-electron chi connectivity index (χ0n) is 23.6. The highest BCUT2D eigenvalue weighted by Crippen LogP contribution is 2.44. The summed E-state index contributed by atoms with van der Waals surface area (Å²) < 4.78 is 5.90. The predicted octanol–water partition coefficient (Wildman–Crippen LogP) is 5.38. The summed E-state index contributed by atoms with van der Waals surface area (Å²) in [6, 6.07) is 9.74. The Balaban J connectivity index is 0.00000195. The van der Waals surface area contributed by atoms with Gasteiger partial charge in [0.1, 0.15) is 12.4 Å². The molecule has 0 amide bonds. The first kappa shape index (κ1) is 28.9. The van der Waals surface area contributed by atoms with Gasteiger partial charge in [-0.1, -0.05) is 26.0 Å². The molecule has 0 spiro atoms. The number of aliphatic carboxylic acids is 1. The number of carboxylic acid groups (broad SMARTS) is 1. The van der Waals surface area contributed by atoms with Gasteiger partial charge in [-0.2, -0.15) is 0 Å². The second kappa shape index (κ2) is 12.3. The molecule has 3 aromatic rings. The zero-order chi connectivity index (χ0) is 28.0. The number of hydrogen-bond donors (Lipinski definition) is 3. The topological polar surface area (TPSA) is 114 Å². The minimum Gasteiger partial charge on any atom is -0.492 e. The van der Waals surface area contributed by atoms with E-state index in [0.717, 1.165) is 51.6 Å². The fraction of sp³-hybridized carbons (Fsp3) is 0.433. The van der Waals surface area contributed by atoms with Crippen LogP contribution in [0.1, 0.15) is 67.3 Å². The monoisotopic (exact) mass is 519 g/mol. The van der Waals surface area contributed by atoms with Gasteiger partial charge in [-0.15, -0.1) is 0 Å². The van der Waals surface area contributed by atoms with Crippen molar-refractivity contribution in [2.75, 3.05) is 31.2 Å². The highest BCUT2D eigenvalue weighted by Gasteiger charge is 2.41. The lowest BCUT2D eigenvalue weighted by molar-refractivity contribution is -0.147. The summed E-state index contributed by atoms with van der Waals surface area (Å²) in [5.74, 6) is -0.506. The fourth-order valence-corrected chi connectivity index (χ4v) is 4.85. The molecular weight excluding hydrogens is 478 g/mol. The lowest BCUT2D eigenvalue weighted by Crippen LogP contribution is -2.33. The maximum atomic E-state index is 12.5. The van der Waals surface area contributed by atoms with Gasteiger partial charge in [-0.3, -0.25) is 19.7 Å². The van der Waals surface area contributed by atoms with Crippen molar-refractivity contribution in [3.63, 3.8) is 0 Å². The zero-order valence-corrected chi connectivity index (χ0v) is 23.6. The fourth-order valence-electron chi connectivity index (χ4n) is 4.85. The Bertz CT molecular complexity index is 1270. The average Bonchev–Trinajstić information content (AvgIpc) is 3.11. The first-order valence-electron chi connectivity index (χ1n) is 13.2. The average molecular weight is 520 g/mol. The third-order valence-corrected chi connectivity index (χ3v) is 7.22. The first-order valence-corrected chi connectivity index (χ1v) is 13.2. The number of nitrogen functional groups attached to an aromatic ring is 1. The molecule has 1 aliphatic heterocycles. The molecule has 38 heavy (non-hydrogen) atoms. The summed E-state index contributed by atoms with van der Waals surface area (Å²) >= 11 is 0. The molecule has 8 nitrogen and oxygen atoms in total. The van der Waals surface area contributed by atoms with Crippen LogP contribution in [0.15, 0.2) is 42.7 Å². The van der Waals surface area contributed by atoms with Crippen molar-refractivity contribution in [3.8, 4) is 5.75 Å². The summed E-state index contributed by atoms with van der Waals surface area (Å²) in [5.41, 5.74) is 12.2. The Morgan fingerprint density at radius 1 is 1.21 bits per heavy atom. The van der Waals surface area contributed by atoms with Crippen LogP contribution >= 0.6 is 0 Å². The number of benzene rings is 1. The minimum atomic E-state index is -1.11. The number of aryl methyl sites for hydroxylation is 1. The molecule has 4 rings (SSSR count). The summed E-state index contributed by atoms with van der Waals surface area (Å²) in [7, 11) is 1.82. The third-order valence-electron chi connectivity index (χ3n) is 7.22. The number of nitrogens with one attached hydrogen (secondary N) is 1. The molecule has 0 bridgehead atoms. The number of nitrogens with zero attached hydrogens (tertiary/aromatic N) is 3. The van der Waals surface area contributed by atoms with Crippen molar-refractivity contribution in [1.82, 2.24) is 14.9 Å². The molecule has 4 N–H and O–H groups in total. The van der Waals surface area contributed by atoms with Crippen molar-refractivity contribution < 1.29 is 14.6 Å². The molecule has 8 heteroatoms. The number of pyridine rings is 2. The van der Waals surface area contributed by atoms with Crippen molar-refractivity contribution in [3.05, 3.63) is 76.4 Å². The normalized spacial score (nSPS) is 14.3. The van der Waals surface area contributed by atoms with Gasteiger partial charge >= 0.3 is 5.97 Å². The Morgan fingerprint density at radius 3 is 2.63 bits per heavy atom. The minimum absolute atomic E-state index is 0.486. The Morgan fingerprint density at radius 2 is 1.95 bits per heavy atom. The van der Waals surface area contributed by atoms with Gasteiger partial charge < -0.3 is 20.9 Å². The van der Waals surface area contributed by atoms with Gasteiger partial charge in [0.15, 0.2) is 0 Å². The predicted molar refractivity (Wildman–Crippen MR) is 153 cm³/mol. The van der Waals surface area contributed by atoms with Crippen LogP contribution in [0, 0.1) is 19.3 Å². The molecule has 1 aromatic carbocycles. The maximum absolute atomic E-state index is 12.5. The number of fused-ring (bicyclic) bond motifs is 1. The molecule has 204 valence electrons. The molecule has 0 radical (unpaired) electrons. The van der Waals surface area contributed by atoms with E-state index in [4.69, 9.17) is 15.5 Å². The maximum Gasteiger partial charge on any atom is 0.310 e. The van der Waals surface area contributed by atoms with Crippen LogP contribution < -0.4 is 15.8 Å². The molecule has 0 saturated heterocycles. The van der Waals surface area contributed by atoms with E-state index in [2.05, 4.69) is 15.2 Å². The second-order valence-corrected chi connectivity index (χ2v) is 9.99. The van der Waals surface area contributed by atoms with E-state index in [-0.39, 0.29) is 0 Å². The van der Waals surface area contributed by atoms with Crippen molar-refractivity contribution in [2.24, 2.45) is 5.41 Å². The molecule has 0 saturated carbocycles. The van der Waals surface area contributed by atoms with Crippen LogP contribution in [0.25, 0.3) is 0 Å². The number of hydrogen-bond acceptors (Lipinski definition) is 7. The van der Waals surface area contributed by atoms with Gasteiger partial charge in [-0.25, -0.2) is 0 Å². The highest BCUT2D eigenvalue weighted by atomic mass is 16.5. The molecule has 0 fully saturated rings. The van der Waals surface area contributed by atoms with Crippen LogP contribution in [0.5, 0.6) is 5.75 Å². The summed E-state index contributed by atoms with van der Waals surface area (Å²) in [6.07, 6.45) is 3.59. The Kier molecular flexibility index (Phi) is 9.33. The lowest BCUT2D eigenvalue weighted by Gasteiger charge is -2.33. The van der Waals surface area contributed by atoms with E-state index in [1.807, 2.05) is 71.3 Å². The van der Waals surface area contributed by atoms with E-state index >= 15 is 0 Å². The van der Waals surface area contributed by atoms with Gasteiger partial charge in [0.05, 0.1) is 22.5 Å².